The maximum absolute atomic E-state index is 11.5. The molecule has 1 amide bonds. The van der Waals surface area contributed by atoms with Gasteiger partial charge in [0.2, 0.25) is 0 Å². The van der Waals surface area contributed by atoms with Crippen LogP contribution in [0.5, 0.6) is 0 Å². The molecule has 3 rings (SSSR count). The lowest BCUT2D eigenvalue weighted by atomic mass is 9.98. The molecular formula is C9H11NO5. The fraction of sp³-hybridized carbons (Fsp3) is 0.778. The summed E-state index contributed by atoms with van der Waals surface area (Å²) in [7, 11) is 1.27. The summed E-state index contributed by atoms with van der Waals surface area (Å²) in [6.07, 6.45) is 0.276. The largest absolute Gasteiger partial charge is 0.458 e. The Morgan fingerprint density at radius 3 is 3.07 bits per heavy atom. The van der Waals surface area contributed by atoms with E-state index in [1.165, 1.54) is 7.11 Å². The standard InChI is InChI=1S/C9H11NO5/c1-13-9(12)10-5-3-2-4-7(14-4)6(3)15-8(5)11/h3-7H,2H2,1H3,(H,10,12)/t3-,4+,5+,6+,7-/m0/s1. The molecule has 15 heavy (non-hydrogen) atoms. The Hall–Kier alpha value is -1.30. The lowest BCUT2D eigenvalue weighted by Crippen LogP contribution is -2.42. The van der Waals surface area contributed by atoms with E-state index >= 15 is 0 Å². The Morgan fingerprint density at radius 2 is 2.33 bits per heavy atom. The van der Waals surface area contributed by atoms with Gasteiger partial charge in [-0.25, -0.2) is 9.59 Å². The van der Waals surface area contributed by atoms with E-state index in [1.54, 1.807) is 0 Å². The first-order valence-electron chi connectivity index (χ1n) is 4.91. The zero-order valence-electron chi connectivity index (χ0n) is 8.14. The van der Waals surface area contributed by atoms with Crippen molar-refractivity contribution in [2.75, 3.05) is 7.11 Å². The Morgan fingerprint density at radius 1 is 1.53 bits per heavy atom. The summed E-state index contributed by atoms with van der Waals surface area (Å²) in [5, 5.41) is 2.50. The number of amides is 1. The molecule has 2 heterocycles. The predicted molar refractivity (Wildman–Crippen MR) is 46.0 cm³/mol. The number of ether oxygens (including phenoxy) is 3. The molecule has 0 aromatic carbocycles. The average molecular weight is 213 g/mol. The maximum Gasteiger partial charge on any atom is 0.407 e. The Bertz CT molecular complexity index is 330. The molecule has 5 atom stereocenters. The number of rotatable bonds is 1. The van der Waals surface area contributed by atoms with Gasteiger partial charge in [-0.2, -0.15) is 0 Å². The third-order valence-corrected chi connectivity index (χ3v) is 3.27. The van der Waals surface area contributed by atoms with Crippen molar-refractivity contribution in [3.05, 3.63) is 0 Å². The van der Waals surface area contributed by atoms with Crippen LogP contribution < -0.4 is 5.32 Å². The zero-order chi connectivity index (χ0) is 10.6. The van der Waals surface area contributed by atoms with Crippen LogP contribution in [0.1, 0.15) is 6.42 Å². The van der Waals surface area contributed by atoms with E-state index in [9.17, 15) is 9.59 Å². The molecule has 0 unspecified atom stereocenters. The summed E-state index contributed by atoms with van der Waals surface area (Å²) in [6, 6.07) is -0.571. The van der Waals surface area contributed by atoms with Crippen LogP contribution in [0.3, 0.4) is 0 Å². The van der Waals surface area contributed by atoms with Crippen LogP contribution in [0.4, 0.5) is 4.79 Å². The summed E-state index contributed by atoms with van der Waals surface area (Å²) in [5.41, 5.74) is 0. The molecular weight excluding hydrogens is 202 g/mol. The highest BCUT2D eigenvalue weighted by Crippen LogP contribution is 2.48. The molecule has 2 aliphatic heterocycles. The number of fused-ring (bicyclic) bond motifs is 3. The minimum absolute atomic E-state index is 0.0420. The van der Waals surface area contributed by atoms with Crippen molar-refractivity contribution in [2.24, 2.45) is 5.92 Å². The van der Waals surface area contributed by atoms with Gasteiger partial charge in [0.1, 0.15) is 18.2 Å². The highest BCUT2D eigenvalue weighted by molar-refractivity contribution is 5.84. The Kier molecular flexibility index (Phi) is 1.70. The highest BCUT2D eigenvalue weighted by Gasteiger charge is 2.64. The van der Waals surface area contributed by atoms with E-state index in [0.29, 0.717) is 0 Å². The monoisotopic (exact) mass is 213 g/mol. The second-order valence-electron chi connectivity index (χ2n) is 4.05. The summed E-state index contributed by atoms with van der Waals surface area (Å²) < 4.78 is 14.9. The minimum atomic E-state index is -0.598. The molecule has 1 N–H and O–H groups in total. The van der Waals surface area contributed by atoms with Crippen LogP contribution in [0.15, 0.2) is 0 Å². The first-order valence-corrected chi connectivity index (χ1v) is 4.91. The Labute approximate surface area is 85.9 Å². The van der Waals surface area contributed by atoms with Crippen LogP contribution in [0, 0.1) is 5.92 Å². The van der Waals surface area contributed by atoms with Crippen molar-refractivity contribution < 1.29 is 23.8 Å². The minimum Gasteiger partial charge on any atom is -0.458 e. The smallest absolute Gasteiger partial charge is 0.407 e. The van der Waals surface area contributed by atoms with Gasteiger partial charge >= 0.3 is 12.1 Å². The number of hydrogen-bond donors (Lipinski definition) is 1. The zero-order valence-corrected chi connectivity index (χ0v) is 8.14. The lowest BCUT2D eigenvalue weighted by Gasteiger charge is -2.15. The molecule has 6 nitrogen and oxygen atoms in total. The molecule has 3 fully saturated rings. The van der Waals surface area contributed by atoms with Crippen molar-refractivity contribution >= 4 is 12.1 Å². The summed E-state index contributed by atoms with van der Waals surface area (Å²) in [4.78, 5) is 22.5. The van der Waals surface area contributed by atoms with Crippen molar-refractivity contribution in [1.29, 1.82) is 0 Å². The van der Waals surface area contributed by atoms with Gasteiger partial charge in [0.25, 0.3) is 0 Å². The van der Waals surface area contributed by atoms with Crippen molar-refractivity contribution in [2.45, 2.75) is 30.8 Å². The van der Waals surface area contributed by atoms with Crippen LogP contribution in [-0.4, -0.2) is 43.5 Å². The molecule has 0 spiro atoms. The number of alkyl carbamates (subject to hydrolysis) is 1. The van der Waals surface area contributed by atoms with Gasteiger partial charge < -0.3 is 19.5 Å². The second kappa shape index (κ2) is 2.85. The van der Waals surface area contributed by atoms with Gasteiger partial charge in [0, 0.05) is 5.92 Å². The molecule has 3 aliphatic rings. The number of carbonyl (C=O) groups excluding carboxylic acids is 2. The SMILES string of the molecule is COC(=O)N[C@H]1C(=O)O[C@@H]2[C@H]1C[C@H]1O[C@H]21. The van der Waals surface area contributed by atoms with Gasteiger partial charge in [-0.05, 0) is 6.42 Å². The predicted octanol–water partition coefficient (Wildman–Crippen LogP) is -0.576. The van der Waals surface area contributed by atoms with Gasteiger partial charge in [0.15, 0.2) is 0 Å². The molecule has 2 saturated heterocycles. The van der Waals surface area contributed by atoms with Gasteiger partial charge in [-0.3, -0.25) is 0 Å². The second-order valence-corrected chi connectivity index (χ2v) is 4.05. The fourth-order valence-corrected chi connectivity index (χ4v) is 2.50. The highest BCUT2D eigenvalue weighted by atomic mass is 16.6. The third kappa shape index (κ3) is 1.21. The molecule has 0 bridgehead atoms. The van der Waals surface area contributed by atoms with Crippen LogP contribution in [0.2, 0.25) is 0 Å². The fourth-order valence-electron chi connectivity index (χ4n) is 2.50. The summed E-state index contributed by atoms with van der Waals surface area (Å²) >= 11 is 0. The molecule has 0 radical (unpaired) electrons. The van der Waals surface area contributed by atoms with Crippen LogP contribution in [0.25, 0.3) is 0 Å². The Balaban J connectivity index is 1.72. The van der Waals surface area contributed by atoms with E-state index in [2.05, 4.69) is 10.1 Å². The van der Waals surface area contributed by atoms with Gasteiger partial charge in [-0.1, -0.05) is 0 Å². The van der Waals surface area contributed by atoms with Crippen molar-refractivity contribution in [3.8, 4) is 0 Å². The molecule has 0 aromatic rings. The normalized spacial score (nSPS) is 45.4. The van der Waals surface area contributed by atoms with Crippen LogP contribution in [-0.2, 0) is 19.0 Å². The van der Waals surface area contributed by atoms with E-state index < -0.39 is 12.1 Å². The van der Waals surface area contributed by atoms with E-state index in [-0.39, 0.29) is 30.2 Å². The van der Waals surface area contributed by atoms with E-state index in [0.717, 1.165) is 6.42 Å². The first kappa shape index (κ1) is 8.96. The lowest BCUT2D eigenvalue weighted by molar-refractivity contribution is -0.143. The van der Waals surface area contributed by atoms with Crippen LogP contribution >= 0.6 is 0 Å². The van der Waals surface area contributed by atoms with Crippen molar-refractivity contribution in [3.63, 3.8) is 0 Å². The summed E-state index contributed by atoms with van der Waals surface area (Å²) in [6.45, 7) is 0. The topological polar surface area (TPSA) is 77.2 Å². The molecule has 6 heteroatoms. The summed E-state index contributed by atoms with van der Waals surface area (Å²) in [5.74, 6) is -0.343. The number of esters is 1. The van der Waals surface area contributed by atoms with E-state index in [4.69, 9.17) is 9.47 Å². The van der Waals surface area contributed by atoms with Gasteiger partial charge in [0.05, 0.1) is 13.2 Å². The molecule has 82 valence electrons. The number of epoxide rings is 1. The average Bonchev–Trinajstić information content (AvgIpc) is 2.82. The number of carbonyl (C=O) groups is 2. The first-order chi connectivity index (χ1) is 7.20. The number of hydrogen-bond acceptors (Lipinski definition) is 5. The van der Waals surface area contributed by atoms with Crippen molar-refractivity contribution in [1.82, 2.24) is 5.32 Å². The third-order valence-electron chi connectivity index (χ3n) is 3.27. The number of methoxy groups -OCH3 is 1. The molecule has 0 aromatic heterocycles. The van der Waals surface area contributed by atoms with E-state index in [1.807, 2.05) is 0 Å². The van der Waals surface area contributed by atoms with Gasteiger partial charge in [-0.15, -0.1) is 0 Å². The quantitative estimate of drug-likeness (QED) is 0.466. The molecule has 1 saturated carbocycles. The number of nitrogens with one attached hydrogen (secondary N) is 1. The molecule has 1 aliphatic carbocycles. The maximum atomic E-state index is 11.5.